The van der Waals surface area contributed by atoms with E-state index in [-0.39, 0.29) is 5.75 Å². The van der Waals surface area contributed by atoms with Gasteiger partial charge in [-0.1, -0.05) is 0 Å². The van der Waals surface area contributed by atoms with Crippen LogP contribution in [-0.2, 0) is 23.5 Å². The standard InChI is InChI=1S/C10H21N5O2S/c1-11-6-3-4-8-18(16,17)13-7-5-10-14-12-9-15(10)2/h9,11,13H,3-8H2,1-2H3. The minimum atomic E-state index is -3.16. The molecule has 1 aromatic heterocycles. The van der Waals surface area contributed by atoms with Crippen molar-refractivity contribution in [2.24, 2.45) is 7.05 Å². The third-order valence-electron chi connectivity index (χ3n) is 2.57. The molecule has 8 heteroatoms. The average molecular weight is 275 g/mol. The Morgan fingerprint density at radius 3 is 2.72 bits per heavy atom. The number of aromatic nitrogens is 3. The van der Waals surface area contributed by atoms with Crippen LogP contribution in [0.4, 0.5) is 0 Å². The first kappa shape index (κ1) is 15.1. The van der Waals surface area contributed by atoms with Crippen molar-refractivity contribution in [3.8, 4) is 0 Å². The van der Waals surface area contributed by atoms with Crippen molar-refractivity contribution in [1.82, 2.24) is 24.8 Å². The minimum absolute atomic E-state index is 0.174. The molecule has 0 aromatic carbocycles. The van der Waals surface area contributed by atoms with E-state index in [4.69, 9.17) is 0 Å². The van der Waals surface area contributed by atoms with E-state index in [1.807, 2.05) is 14.1 Å². The van der Waals surface area contributed by atoms with Gasteiger partial charge in [-0.3, -0.25) is 0 Å². The minimum Gasteiger partial charge on any atom is -0.321 e. The highest BCUT2D eigenvalue weighted by atomic mass is 32.2. The van der Waals surface area contributed by atoms with Crippen LogP contribution >= 0.6 is 0 Å². The van der Waals surface area contributed by atoms with Crippen LogP contribution in [0.5, 0.6) is 0 Å². The largest absolute Gasteiger partial charge is 0.321 e. The summed E-state index contributed by atoms with van der Waals surface area (Å²) in [5.74, 6) is 0.945. The van der Waals surface area contributed by atoms with Crippen molar-refractivity contribution in [1.29, 1.82) is 0 Å². The highest BCUT2D eigenvalue weighted by Gasteiger charge is 2.09. The SMILES string of the molecule is CNCCCCS(=O)(=O)NCCc1nncn1C. The molecular weight excluding hydrogens is 254 g/mol. The lowest BCUT2D eigenvalue weighted by Gasteiger charge is -2.06. The summed E-state index contributed by atoms with van der Waals surface area (Å²) in [6.07, 6.45) is 3.68. The van der Waals surface area contributed by atoms with Crippen LogP contribution in [0.1, 0.15) is 18.7 Å². The molecule has 0 aliphatic carbocycles. The summed E-state index contributed by atoms with van der Waals surface area (Å²) in [5.41, 5.74) is 0. The van der Waals surface area contributed by atoms with Crippen molar-refractivity contribution in [3.05, 3.63) is 12.2 Å². The summed E-state index contributed by atoms with van der Waals surface area (Å²) in [7, 11) is 0.526. The molecule has 1 aromatic rings. The highest BCUT2D eigenvalue weighted by Crippen LogP contribution is 1.96. The molecule has 2 N–H and O–H groups in total. The first-order chi connectivity index (χ1) is 8.55. The number of sulfonamides is 1. The van der Waals surface area contributed by atoms with Crippen molar-refractivity contribution in [2.45, 2.75) is 19.3 Å². The Kier molecular flexibility index (Phi) is 6.23. The van der Waals surface area contributed by atoms with E-state index >= 15 is 0 Å². The van der Waals surface area contributed by atoms with Gasteiger partial charge in [-0.2, -0.15) is 0 Å². The third-order valence-corrected chi connectivity index (χ3v) is 4.04. The third kappa shape index (κ3) is 5.56. The first-order valence-electron chi connectivity index (χ1n) is 6.00. The number of aryl methyl sites for hydroxylation is 1. The number of hydrogen-bond acceptors (Lipinski definition) is 5. The Bertz CT molecular complexity index is 443. The quantitative estimate of drug-likeness (QED) is 0.580. The van der Waals surface area contributed by atoms with Crippen molar-refractivity contribution in [3.63, 3.8) is 0 Å². The summed E-state index contributed by atoms with van der Waals surface area (Å²) in [4.78, 5) is 0. The van der Waals surface area contributed by atoms with Gasteiger partial charge >= 0.3 is 0 Å². The molecule has 0 bridgehead atoms. The number of nitrogens with zero attached hydrogens (tertiary/aromatic N) is 3. The van der Waals surface area contributed by atoms with E-state index in [0.717, 1.165) is 18.8 Å². The first-order valence-corrected chi connectivity index (χ1v) is 7.65. The number of nitrogens with one attached hydrogen (secondary N) is 2. The maximum absolute atomic E-state index is 11.6. The molecular formula is C10H21N5O2S. The van der Waals surface area contributed by atoms with Crippen molar-refractivity contribution in [2.75, 3.05) is 25.9 Å². The monoisotopic (exact) mass is 275 g/mol. The Labute approximate surface area is 108 Å². The fourth-order valence-corrected chi connectivity index (χ4v) is 2.66. The fraction of sp³-hybridized carbons (Fsp3) is 0.800. The van der Waals surface area contributed by atoms with Crippen LogP contribution in [0.2, 0.25) is 0 Å². The number of hydrogen-bond donors (Lipinski definition) is 2. The molecule has 0 aliphatic rings. The van der Waals surface area contributed by atoms with E-state index in [0.29, 0.717) is 19.4 Å². The molecule has 0 saturated carbocycles. The molecule has 0 radical (unpaired) electrons. The second-order valence-electron chi connectivity index (χ2n) is 4.13. The topological polar surface area (TPSA) is 88.9 Å². The van der Waals surface area contributed by atoms with E-state index in [1.165, 1.54) is 0 Å². The molecule has 1 heterocycles. The van der Waals surface area contributed by atoms with Crippen LogP contribution < -0.4 is 10.0 Å². The van der Waals surface area contributed by atoms with Crippen molar-refractivity contribution >= 4 is 10.0 Å². The van der Waals surface area contributed by atoms with Crippen LogP contribution in [0.15, 0.2) is 6.33 Å². The normalized spacial score (nSPS) is 11.9. The molecule has 1 rings (SSSR count). The zero-order valence-corrected chi connectivity index (χ0v) is 11.7. The van der Waals surface area contributed by atoms with Gasteiger partial charge in [-0.15, -0.1) is 10.2 Å². The maximum Gasteiger partial charge on any atom is 0.211 e. The lowest BCUT2D eigenvalue weighted by atomic mass is 10.3. The zero-order valence-electron chi connectivity index (χ0n) is 10.9. The van der Waals surface area contributed by atoms with Crippen LogP contribution in [0.25, 0.3) is 0 Å². The molecule has 7 nitrogen and oxygen atoms in total. The Morgan fingerprint density at radius 1 is 1.33 bits per heavy atom. The molecule has 0 aliphatic heterocycles. The lowest BCUT2D eigenvalue weighted by Crippen LogP contribution is -2.29. The van der Waals surface area contributed by atoms with Gasteiger partial charge in [0.15, 0.2) is 0 Å². The Morgan fingerprint density at radius 2 is 2.11 bits per heavy atom. The molecule has 104 valence electrons. The molecule has 0 amide bonds. The maximum atomic E-state index is 11.6. The molecule has 0 fully saturated rings. The van der Waals surface area contributed by atoms with Gasteiger partial charge in [-0.25, -0.2) is 13.1 Å². The van der Waals surface area contributed by atoms with E-state index in [1.54, 1.807) is 10.9 Å². The summed E-state index contributed by atoms with van der Waals surface area (Å²) < 4.78 is 27.6. The van der Waals surface area contributed by atoms with Crippen LogP contribution in [0.3, 0.4) is 0 Å². The van der Waals surface area contributed by atoms with E-state index in [9.17, 15) is 8.42 Å². The zero-order chi connectivity index (χ0) is 13.4. The predicted octanol–water partition coefficient (Wildman–Crippen LogP) is -0.723. The highest BCUT2D eigenvalue weighted by molar-refractivity contribution is 7.89. The molecule has 18 heavy (non-hydrogen) atoms. The van der Waals surface area contributed by atoms with E-state index in [2.05, 4.69) is 20.2 Å². The van der Waals surface area contributed by atoms with Crippen LogP contribution in [0, 0.1) is 0 Å². The lowest BCUT2D eigenvalue weighted by molar-refractivity contribution is 0.574. The fourth-order valence-electron chi connectivity index (χ4n) is 1.52. The smallest absolute Gasteiger partial charge is 0.211 e. The predicted molar refractivity (Wildman–Crippen MR) is 69.7 cm³/mol. The summed E-state index contributed by atoms with van der Waals surface area (Å²) >= 11 is 0. The van der Waals surface area contributed by atoms with Gasteiger partial charge in [0.05, 0.1) is 5.75 Å². The number of rotatable bonds is 9. The molecule has 0 atom stereocenters. The Hall–Kier alpha value is -0.990. The second kappa shape index (κ2) is 7.45. The Balaban J connectivity index is 2.23. The molecule has 0 saturated heterocycles. The van der Waals surface area contributed by atoms with Gasteiger partial charge in [-0.05, 0) is 26.4 Å². The average Bonchev–Trinajstić information content (AvgIpc) is 2.71. The van der Waals surface area contributed by atoms with Gasteiger partial charge < -0.3 is 9.88 Å². The van der Waals surface area contributed by atoms with Crippen LogP contribution in [-0.4, -0.2) is 49.1 Å². The number of unbranched alkanes of at least 4 members (excludes halogenated alkanes) is 1. The van der Waals surface area contributed by atoms with Gasteiger partial charge in [0.2, 0.25) is 10.0 Å². The molecule has 0 spiro atoms. The van der Waals surface area contributed by atoms with Crippen molar-refractivity contribution < 1.29 is 8.42 Å². The summed E-state index contributed by atoms with van der Waals surface area (Å²) in [5, 5.41) is 10.6. The summed E-state index contributed by atoms with van der Waals surface area (Å²) in [6.45, 7) is 1.20. The second-order valence-corrected chi connectivity index (χ2v) is 6.06. The van der Waals surface area contributed by atoms with Gasteiger partial charge in [0.1, 0.15) is 12.2 Å². The van der Waals surface area contributed by atoms with Gasteiger partial charge in [0, 0.05) is 20.0 Å². The molecule has 0 unspecified atom stereocenters. The summed E-state index contributed by atoms with van der Waals surface area (Å²) in [6, 6.07) is 0. The van der Waals surface area contributed by atoms with E-state index < -0.39 is 10.0 Å². The van der Waals surface area contributed by atoms with Gasteiger partial charge in [0.25, 0.3) is 0 Å².